The van der Waals surface area contributed by atoms with Crippen LogP contribution in [0, 0.1) is 11.3 Å². The van der Waals surface area contributed by atoms with Crippen molar-refractivity contribution in [2.45, 2.75) is 68.8 Å². The molecule has 1 aromatic carbocycles. The molecule has 1 aliphatic carbocycles. The number of carbonyl (C=O) groups excluding carboxylic acids is 2. The van der Waals surface area contributed by atoms with Gasteiger partial charge in [-0.05, 0) is 81.4 Å². The van der Waals surface area contributed by atoms with Gasteiger partial charge in [0, 0.05) is 38.0 Å². The normalized spacial score (nSPS) is 19.9. The number of pyridine rings is 1. The lowest BCUT2D eigenvalue weighted by molar-refractivity contribution is -0.139. The largest absolute Gasteiger partial charge is 0.347 e. The van der Waals surface area contributed by atoms with E-state index < -0.39 is 9.84 Å². The second kappa shape index (κ2) is 14.3. The van der Waals surface area contributed by atoms with Gasteiger partial charge in [0.1, 0.15) is 0 Å². The smallest absolute Gasteiger partial charge is 0.229 e. The monoisotopic (exact) mass is 624 g/mol. The van der Waals surface area contributed by atoms with Crippen molar-refractivity contribution in [3.63, 3.8) is 0 Å². The van der Waals surface area contributed by atoms with Crippen LogP contribution in [0.4, 0.5) is 0 Å². The highest BCUT2D eigenvalue weighted by molar-refractivity contribution is 7.90. The molecule has 1 N–H and O–H groups in total. The summed E-state index contributed by atoms with van der Waals surface area (Å²) in [5.41, 5.74) is 1.56. The van der Waals surface area contributed by atoms with E-state index in [1.165, 1.54) is 6.26 Å². The number of sulfone groups is 1. The molecule has 3 fully saturated rings. The van der Waals surface area contributed by atoms with E-state index in [0.717, 1.165) is 88.8 Å². The number of nitrogens with zero attached hydrogens (tertiary/aromatic N) is 3. The van der Waals surface area contributed by atoms with Crippen LogP contribution in [0.3, 0.4) is 0 Å². The van der Waals surface area contributed by atoms with Gasteiger partial charge in [0.2, 0.25) is 11.8 Å². The first-order valence-corrected chi connectivity index (χ1v) is 16.1. The highest BCUT2D eigenvalue weighted by Crippen LogP contribution is 2.42. The summed E-state index contributed by atoms with van der Waals surface area (Å²) in [7, 11) is -3.23. The minimum atomic E-state index is -3.23. The van der Waals surface area contributed by atoms with Gasteiger partial charge in [-0.15, -0.1) is 24.8 Å². The molecule has 0 bridgehead atoms. The standard InChI is InChI=1S/C30H40N4O4S.2ClH/c1-39(37,38)25-11-9-23(10-12-25)22-34-21-16-30(29(34)36)14-19-33(20-15-30)18-13-27(26-8-4-5-17-31-26)32-28(35)24-6-2-3-7-24;;/h4-5,8-12,17,24,27H,2-3,6-7,13-16,18-22H2,1H3,(H,32,35);2*1H. The van der Waals surface area contributed by atoms with Crippen LogP contribution in [0.5, 0.6) is 0 Å². The summed E-state index contributed by atoms with van der Waals surface area (Å²) in [6.45, 7) is 3.84. The minimum absolute atomic E-state index is 0. The Bertz CT molecular complexity index is 1260. The maximum atomic E-state index is 13.5. The molecule has 1 saturated carbocycles. The van der Waals surface area contributed by atoms with Crippen LogP contribution in [0.15, 0.2) is 53.6 Å². The summed E-state index contributed by atoms with van der Waals surface area (Å²) >= 11 is 0. The minimum Gasteiger partial charge on any atom is -0.347 e. The maximum Gasteiger partial charge on any atom is 0.229 e. The van der Waals surface area contributed by atoms with Gasteiger partial charge in [-0.3, -0.25) is 14.6 Å². The van der Waals surface area contributed by atoms with Gasteiger partial charge in [0.15, 0.2) is 9.84 Å². The molecule has 8 nitrogen and oxygen atoms in total. The molecular formula is C30H42Cl2N4O4S. The summed E-state index contributed by atoms with van der Waals surface area (Å²) in [5.74, 6) is 0.507. The molecule has 1 unspecified atom stereocenters. The van der Waals surface area contributed by atoms with Crippen molar-refractivity contribution >= 4 is 46.5 Å². The molecule has 3 heterocycles. The Kier molecular flexibility index (Phi) is 11.6. The van der Waals surface area contributed by atoms with Gasteiger partial charge in [-0.2, -0.15) is 0 Å². The van der Waals surface area contributed by atoms with E-state index in [9.17, 15) is 18.0 Å². The summed E-state index contributed by atoms with van der Waals surface area (Å²) in [5, 5.41) is 3.29. The van der Waals surface area contributed by atoms with Crippen LogP contribution in [-0.2, 0) is 26.0 Å². The van der Waals surface area contributed by atoms with Crippen molar-refractivity contribution in [1.82, 2.24) is 20.1 Å². The van der Waals surface area contributed by atoms with E-state index in [1.54, 1.807) is 30.5 Å². The summed E-state index contributed by atoms with van der Waals surface area (Å²) in [6.07, 6.45) is 10.6. The van der Waals surface area contributed by atoms with Crippen LogP contribution in [0.2, 0.25) is 0 Å². The summed E-state index contributed by atoms with van der Waals surface area (Å²) < 4.78 is 23.5. The molecular weight excluding hydrogens is 583 g/mol. The number of likely N-dealkylation sites (tertiary alicyclic amines) is 2. The first-order chi connectivity index (χ1) is 18.7. The van der Waals surface area contributed by atoms with E-state index in [-0.39, 0.29) is 54.0 Å². The number of piperidine rings is 1. The fourth-order valence-electron chi connectivity index (χ4n) is 6.44. The molecule has 2 amide bonds. The number of hydrogen-bond donors (Lipinski definition) is 1. The fourth-order valence-corrected chi connectivity index (χ4v) is 7.07. The average Bonchev–Trinajstić information content (AvgIpc) is 3.58. The van der Waals surface area contributed by atoms with Gasteiger partial charge >= 0.3 is 0 Å². The molecule has 226 valence electrons. The third-order valence-corrected chi connectivity index (χ3v) is 10.1. The Morgan fingerprint density at radius 2 is 1.68 bits per heavy atom. The second-order valence-electron chi connectivity index (χ2n) is 11.6. The number of aromatic nitrogens is 1. The van der Waals surface area contributed by atoms with E-state index in [2.05, 4.69) is 15.2 Å². The first kappa shape index (κ1) is 33.3. The highest BCUT2D eigenvalue weighted by Gasteiger charge is 2.47. The fraction of sp³-hybridized carbons (Fsp3) is 0.567. The Labute approximate surface area is 256 Å². The number of benzene rings is 1. The molecule has 11 heteroatoms. The lowest BCUT2D eigenvalue weighted by Gasteiger charge is -2.38. The first-order valence-electron chi connectivity index (χ1n) is 14.3. The van der Waals surface area contributed by atoms with Crippen molar-refractivity contribution in [2.75, 3.05) is 32.4 Å². The number of nitrogens with one attached hydrogen (secondary N) is 1. The topological polar surface area (TPSA) is 99.7 Å². The van der Waals surface area contributed by atoms with Crippen molar-refractivity contribution < 1.29 is 18.0 Å². The molecule has 0 radical (unpaired) electrons. The predicted octanol–water partition coefficient (Wildman–Crippen LogP) is 4.58. The van der Waals surface area contributed by atoms with Crippen molar-refractivity contribution in [1.29, 1.82) is 0 Å². The Balaban J connectivity index is 0.00000231. The zero-order chi connectivity index (χ0) is 27.5. The van der Waals surface area contributed by atoms with E-state index in [4.69, 9.17) is 0 Å². The van der Waals surface area contributed by atoms with Gasteiger partial charge in [-0.25, -0.2) is 8.42 Å². The molecule has 1 spiro atoms. The SMILES string of the molecule is CS(=O)(=O)c1ccc(CN2CCC3(CCN(CCC(NC(=O)C4CCCC4)c4ccccn4)CC3)C2=O)cc1.Cl.Cl. The van der Waals surface area contributed by atoms with Crippen LogP contribution >= 0.6 is 24.8 Å². The molecule has 1 aromatic heterocycles. The van der Waals surface area contributed by atoms with Crippen LogP contribution in [-0.4, -0.2) is 67.5 Å². The molecule has 41 heavy (non-hydrogen) atoms. The number of hydrogen-bond acceptors (Lipinski definition) is 6. The lowest BCUT2D eigenvalue weighted by Crippen LogP contribution is -2.45. The second-order valence-corrected chi connectivity index (χ2v) is 13.6. The van der Waals surface area contributed by atoms with E-state index >= 15 is 0 Å². The van der Waals surface area contributed by atoms with E-state index in [1.807, 2.05) is 23.1 Å². The molecule has 2 aromatic rings. The molecule has 3 aliphatic rings. The van der Waals surface area contributed by atoms with E-state index in [0.29, 0.717) is 11.4 Å². The number of halogens is 2. The summed E-state index contributed by atoms with van der Waals surface area (Å²) in [4.78, 5) is 35.5. The van der Waals surface area contributed by atoms with Crippen molar-refractivity contribution in [3.05, 3.63) is 59.9 Å². The molecule has 2 saturated heterocycles. The number of carbonyl (C=O) groups is 2. The highest BCUT2D eigenvalue weighted by atomic mass is 35.5. The molecule has 5 rings (SSSR count). The Morgan fingerprint density at radius 1 is 1.02 bits per heavy atom. The molecule has 1 atom stereocenters. The van der Waals surface area contributed by atoms with Gasteiger partial charge in [0.05, 0.1) is 22.0 Å². The van der Waals surface area contributed by atoms with Gasteiger partial charge < -0.3 is 15.1 Å². The van der Waals surface area contributed by atoms with Crippen LogP contribution in [0.1, 0.15) is 68.7 Å². The zero-order valence-electron chi connectivity index (χ0n) is 23.7. The average molecular weight is 626 g/mol. The zero-order valence-corrected chi connectivity index (χ0v) is 26.1. The van der Waals surface area contributed by atoms with Gasteiger partial charge in [-0.1, -0.05) is 31.0 Å². The molecule has 2 aliphatic heterocycles. The van der Waals surface area contributed by atoms with Gasteiger partial charge in [0.25, 0.3) is 0 Å². The third-order valence-electron chi connectivity index (χ3n) is 8.96. The van der Waals surface area contributed by atoms with Crippen molar-refractivity contribution in [3.8, 4) is 0 Å². The predicted molar refractivity (Wildman–Crippen MR) is 164 cm³/mol. The third kappa shape index (κ3) is 8.00. The summed E-state index contributed by atoms with van der Waals surface area (Å²) in [6, 6.07) is 12.6. The van der Waals surface area contributed by atoms with Crippen LogP contribution in [0.25, 0.3) is 0 Å². The van der Waals surface area contributed by atoms with Crippen LogP contribution < -0.4 is 5.32 Å². The lowest BCUT2D eigenvalue weighted by atomic mass is 9.77. The number of amides is 2. The number of rotatable bonds is 9. The Hall–Kier alpha value is -2.20. The van der Waals surface area contributed by atoms with Crippen molar-refractivity contribution in [2.24, 2.45) is 11.3 Å². The maximum absolute atomic E-state index is 13.5. The Morgan fingerprint density at radius 3 is 2.29 bits per heavy atom. The quantitative estimate of drug-likeness (QED) is 0.438.